The lowest BCUT2D eigenvalue weighted by Crippen LogP contribution is -2.54. The van der Waals surface area contributed by atoms with Gasteiger partial charge in [0, 0.05) is 26.2 Å². The van der Waals surface area contributed by atoms with Crippen LogP contribution in [0.1, 0.15) is 23.6 Å². The van der Waals surface area contributed by atoms with Gasteiger partial charge in [-0.3, -0.25) is 0 Å². The van der Waals surface area contributed by atoms with E-state index in [0.717, 1.165) is 32.6 Å². The molecule has 1 atom stereocenters. The van der Waals surface area contributed by atoms with E-state index in [1.807, 2.05) is 101 Å². The van der Waals surface area contributed by atoms with Crippen molar-refractivity contribution >= 4 is 67.4 Å². The quantitative estimate of drug-likeness (QED) is 0.216. The number of thioether (sulfide) groups is 1. The molecule has 1 spiro atoms. The molecule has 0 amide bonds. The number of ether oxygens (including phenoxy) is 1. The molecular weight excluding hydrogens is 596 g/mol. The Hall–Kier alpha value is -3.59. The molecular formula is C30H22BrClN4O2S. The fourth-order valence-corrected chi connectivity index (χ4v) is 6.44. The lowest BCUT2D eigenvalue weighted by molar-refractivity contribution is -0.134. The fourth-order valence-electron chi connectivity index (χ4n) is 4.71. The van der Waals surface area contributed by atoms with E-state index in [9.17, 15) is 4.79 Å². The van der Waals surface area contributed by atoms with Crippen LogP contribution in [0.25, 0.3) is 0 Å². The van der Waals surface area contributed by atoms with E-state index in [-0.39, 0.29) is 11.7 Å². The van der Waals surface area contributed by atoms with Gasteiger partial charge in [0.05, 0.1) is 23.7 Å². The Labute approximate surface area is 244 Å². The van der Waals surface area contributed by atoms with Gasteiger partial charge >= 0.3 is 5.97 Å². The Balaban J connectivity index is 1.64. The minimum atomic E-state index is -1.08. The van der Waals surface area contributed by atoms with Gasteiger partial charge in [-0.1, -0.05) is 88.2 Å². The molecule has 0 bridgehead atoms. The summed E-state index contributed by atoms with van der Waals surface area (Å²) in [5, 5.41) is 14.7. The summed E-state index contributed by atoms with van der Waals surface area (Å²) in [6.07, 6.45) is 0. The normalized spacial score (nSPS) is 18.0. The van der Waals surface area contributed by atoms with E-state index in [0.29, 0.717) is 10.7 Å². The number of esters is 1. The molecule has 2 aliphatic heterocycles. The molecule has 9 heteroatoms. The zero-order valence-electron chi connectivity index (χ0n) is 20.8. The van der Waals surface area contributed by atoms with Crippen LogP contribution >= 0.6 is 39.3 Å². The summed E-state index contributed by atoms with van der Waals surface area (Å²) in [5.41, 5.74) is 5.18. The summed E-state index contributed by atoms with van der Waals surface area (Å²) >= 11 is 11.3. The first-order chi connectivity index (χ1) is 19.0. The average Bonchev–Trinajstić information content (AvgIpc) is 3.36. The number of nitrogens with zero attached hydrogens (tertiary/aromatic N) is 4. The van der Waals surface area contributed by atoms with Crippen molar-refractivity contribution in [3.05, 3.63) is 129 Å². The molecule has 2 heterocycles. The predicted octanol–water partition coefficient (Wildman–Crippen LogP) is 7.62. The number of carbonyl (C=O) groups excluding carboxylic acids is 1. The van der Waals surface area contributed by atoms with Crippen molar-refractivity contribution in [2.45, 2.75) is 11.9 Å². The van der Waals surface area contributed by atoms with Crippen molar-refractivity contribution < 1.29 is 9.53 Å². The summed E-state index contributed by atoms with van der Waals surface area (Å²) < 4.78 is 6.38. The number of para-hydroxylation sites is 1. The highest BCUT2D eigenvalue weighted by Gasteiger charge is 2.56. The molecule has 0 radical (unpaired) electrons. The maximum absolute atomic E-state index is 13.1. The number of rotatable bonds is 5. The highest BCUT2D eigenvalue weighted by molar-refractivity contribution is 9.10. The van der Waals surface area contributed by atoms with Crippen molar-refractivity contribution in [2.75, 3.05) is 16.6 Å². The second-order valence-electron chi connectivity index (χ2n) is 8.78. The summed E-state index contributed by atoms with van der Waals surface area (Å²) in [7, 11) is 0. The van der Waals surface area contributed by atoms with Crippen molar-refractivity contribution in [1.82, 2.24) is 0 Å². The Kier molecular flexibility index (Phi) is 6.93. The molecule has 1 unspecified atom stereocenters. The van der Waals surface area contributed by atoms with Gasteiger partial charge in [-0.25, -0.2) is 14.8 Å². The van der Waals surface area contributed by atoms with E-state index >= 15 is 0 Å². The number of hydrogen-bond acceptors (Lipinski definition) is 7. The average molecular weight is 618 g/mol. The SMILES string of the molecule is CCOC(=O)C1=NN(c2cccc(Cl)c2)C2(S1)c1ccccc1C(c1ccc(Br)cc1)=NN2c1ccccc1. The lowest BCUT2D eigenvalue weighted by Gasteiger charge is -2.47. The number of hydrazone groups is 2. The zero-order chi connectivity index (χ0) is 27.0. The van der Waals surface area contributed by atoms with Crippen molar-refractivity contribution in [1.29, 1.82) is 0 Å². The Morgan fingerprint density at radius 1 is 0.897 bits per heavy atom. The number of carbonyl (C=O) groups is 1. The number of benzene rings is 4. The van der Waals surface area contributed by atoms with Crippen molar-refractivity contribution in [3.63, 3.8) is 0 Å². The molecule has 2 aliphatic rings. The lowest BCUT2D eigenvalue weighted by atomic mass is 9.93. The molecule has 6 rings (SSSR count). The monoisotopic (exact) mass is 616 g/mol. The van der Waals surface area contributed by atoms with Gasteiger partial charge in [-0.15, -0.1) is 0 Å². The Morgan fingerprint density at radius 2 is 1.59 bits per heavy atom. The van der Waals surface area contributed by atoms with Gasteiger partial charge in [0.1, 0.15) is 0 Å². The number of anilines is 2. The van der Waals surface area contributed by atoms with Crippen LogP contribution in [0.4, 0.5) is 11.4 Å². The predicted molar refractivity (Wildman–Crippen MR) is 162 cm³/mol. The third-order valence-corrected chi connectivity index (χ3v) is 8.41. The first-order valence-corrected chi connectivity index (χ1v) is 14.3. The molecule has 39 heavy (non-hydrogen) atoms. The van der Waals surface area contributed by atoms with Crippen molar-refractivity contribution in [2.24, 2.45) is 10.2 Å². The Bertz CT molecular complexity index is 1610. The molecule has 0 aliphatic carbocycles. The van der Waals surface area contributed by atoms with Crippen LogP contribution < -0.4 is 10.0 Å². The third-order valence-electron chi connectivity index (χ3n) is 6.36. The van der Waals surface area contributed by atoms with Gasteiger partial charge in [-0.05, 0) is 61.2 Å². The van der Waals surface area contributed by atoms with Crippen LogP contribution in [-0.4, -0.2) is 23.3 Å². The van der Waals surface area contributed by atoms with Crippen molar-refractivity contribution in [3.8, 4) is 0 Å². The van der Waals surface area contributed by atoms with Gasteiger partial charge in [0.25, 0.3) is 0 Å². The van der Waals surface area contributed by atoms with E-state index in [2.05, 4.69) is 28.1 Å². The summed E-state index contributed by atoms with van der Waals surface area (Å²) in [6.45, 7) is 2.02. The van der Waals surface area contributed by atoms with Gasteiger partial charge in [0.15, 0.2) is 0 Å². The van der Waals surface area contributed by atoms with Gasteiger partial charge in [-0.2, -0.15) is 10.2 Å². The first kappa shape index (κ1) is 25.7. The topological polar surface area (TPSA) is 57.5 Å². The Morgan fingerprint density at radius 3 is 2.33 bits per heavy atom. The third kappa shape index (κ3) is 4.52. The van der Waals surface area contributed by atoms with Crippen LogP contribution in [0.5, 0.6) is 0 Å². The summed E-state index contributed by atoms with van der Waals surface area (Å²) in [4.78, 5) is 12.0. The largest absolute Gasteiger partial charge is 0.461 e. The van der Waals surface area contributed by atoms with Crippen LogP contribution in [-0.2, 0) is 14.5 Å². The van der Waals surface area contributed by atoms with Gasteiger partial charge < -0.3 is 4.74 Å². The van der Waals surface area contributed by atoms with E-state index < -0.39 is 11.0 Å². The van der Waals surface area contributed by atoms with E-state index in [1.165, 1.54) is 11.8 Å². The number of fused-ring (bicyclic) bond motifs is 2. The first-order valence-electron chi connectivity index (χ1n) is 12.3. The highest BCUT2D eigenvalue weighted by Crippen LogP contribution is 2.55. The van der Waals surface area contributed by atoms with Gasteiger partial charge in [0.2, 0.25) is 10.0 Å². The fraction of sp³-hybridized carbons (Fsp3) is 0.100. The molecule has 0 N–H and O–H groups in total. The molecule has 0 saturated carbocycles. The van der Waals surface area contributed by atoms with E-state index in [4.69, 9.17) is 26.5 Å². The van der Waals surface area contributed by atoms with Crippen LogP contribution in [0.15, 0.2) is 118 Å². The highest BCUT2D eigenvalue weighted by atomic mass is 79.9. The molecule has 4 aromatic carbocycles. The minimum Gasteiger partial charge on any atom is -0.461 e. The number of halogens is 2. The smallest absolute Gasteiger partial charge is 0.365 e. The second-order valence-corrected chi connectivity index (χ2v) is 11.3. The van der Waals surface area contributed by atoms with Crippen LogP contribution in [0.2, 0.25) is 5.02 Å². The van der Waals surface area contributed by atoms with Crippen LogP contribution in [0.3, 0.4) is 0 Å². The van der Waals surface area contributed by atoms with Crippen LogP contribution in [0, 0.1) is 0 Å². The molecule has 0 saturated heterocycles. The molecule has 0 fully saturated rings. The minimum absolute atomic E-state index is 0.231. The molecule has 194 valence electrons. The maximum Gasteiger partial charge on any atom is 0.365 e. The second kappa shape index (κ2) is 10.5. The van der Waals surface area contributed by atoms with E-state index in [1.54, 1.807) is 6.92 Å². The molecule has 4 aromatic rings. The summed E-state index contributed by atoms with van der Waals surface area (Å²) in [6, 6.07) is 33.5. The zero-order valence-corrected chi connectivity index (χ0v) is 24.0. The number of hydrogen-bond donors (Lipinski definition) is 0. The standard InChI is InChI=1S/C30H22BrClN4O2S/c1-2-38-29(37)28-34-36(24-12-8-9-22(32)19-24)30(39-28)26-14-7-6-13-25(26)27(20-15-17-21(31)18-16-20)33-35(30)23-10-4-3-5-11-23/h3-19H,2H2,1H3. The molecule has 0 aromatic heterocycles. The summed E-state index contributed by atoms with van der Waals surface area (Å²) in [5.74, 6) is -0.486. The molecule has 6 nitrogen and oxygen atoms in total. The maximum atomic E-state index is 13.1.